The van der Waals surface area contributed by atoms with Gasteiger partial charge in [-0.15, -0.1) is 0 Å². The number of hydrogen-bond acceptors (Lipinski definition) is 4. The van der Waals surface area contributed by atoms with E-state index in [0.29, 0.717) is 23.3 Å². The lowest BCUT2D eigenvalue weighted by Crippen LogP contribution is -2.43. The molecule has 0 aromatic carbocycles. The maximum Gasteiger partial charge on any atom is 0.152 e. The van der Waals surface area contributed by atoms with Crippen molar-refractivity contribution in [3.8, 4) is 0 Å². The fourth-order valence-corrected chi connectivity index (χ4v) is 4.21. The Labute approximate surface area is 98.1 Å². The average Bonchev–Trinajstić information content (AvgIpc) is 2.68. The summed E-state index contributed by atoms with van der Waals surface area (Å²) in [5.74, 6) is 2.05. The van der Waals surface area contributed by atoms with E-state index in [1.165, 1.54) is 19.3 Å². The summed E-state index contributed by atoms with van der Waals surface area (Å²) in [4.78, 5) is 2.31. The van der Waals surface area contributed by atoms with E-state index in [1.807, 2.05) is 0 Å². The largest absolute Gasteiger partial charge is 0.330 e. The first kappa shape index (κ1) is 12.3. The highest BCUT2D eigenvalue weighted by molar-refractivity contribution is 7.91. The molecule has 0 amide bonds. The Balaban J connectivity index is 1.82. The van der Waals surface area contributed by atoms with Gasteiger partial charge in [0.1, 0.15) is 0 Å². The zero-order valence-corrected chi connectivity index (χ0v) is 10.6. The fraction of sp³-hybridized carbons (Fsp3) is 1.00. The van der Waals surface area contributed by atoms with Gasteiger partial charge < -0.3 is 10.6 Å². The summed E-state index contributed by atoms with van der Waals surface area (Å²) < 4.78 is 22.6. The molecule has 5 heteroatoms. The smallest absolute Gasteiger partial charge is 0.152 e. The van der Waals surface area contributed by atoms with Crippen LogP contribution in [-0.4, -0.2) is 51.0 Å². The molecule has 2 atom stereocenters. The Morgan fingerprint density at radius 3 is 2.38 bits per heavy atom. The highest BCUT2D eigenvalue weighted by Gasteiger charge is 2.29. The summed E-state index contributed by atoms with van der Waals surface area (Å²) in [6, 6.07) is 0. The van der Waals surface area contributed by atoms with E-state index in [4.69, 9.17) is 5.73 Å². The van der Waals surface area contributed by atoms with Gasteiger partial charge in [0.2, 0.25) is 0 Å². The van der Waals surface area contributed by atoms with Crippen LogP contribution >= 0.6 is 0 Å². The van der Waals surface area contributed by atoms with E-state index in [-0.39, 0.29) is 0 Å². The molecule has 0 aromatic heterocycles. The molecule has 1 heterocycles. The second kappa shape index (κ2) is 5.02. The van der Waals surface area contributed by atoms with Crippen molar-refractivity contribution in [2.75, 3.05) is 37.7 Å². The van der Waals surface area contributed by atoms with Gasteiger partial charge in [0.25, 0.3) is 0 Å². The molecule has 1 saturated carbocycles. The standard InChI is InChI=1S/C11H22N2O2S/c12-8-10-2-1-3-11(10)9-13-4-6-16(14,15)7-5-13/h10-11H,1-9,12H2. The molecule has 2 aliphatic rings. The Morgan fingerprint density at radius 2 is 1.75 bits per heavy atom. The molecule has 1 saturated heterocycles. The summed E-state index contributed by atoms with van der Waals surface area (Å²) in [6.45, 7) is 3.28. The number of sulfone groups is 1. The molecule has 2 N–H and O–H groups in total. The molecular weight excluding hydrogens is 224 g/mol. The van der Waals surface area contributed by atoms with Gasteiger partial charge in [-0.1, -0.05) is 6.42 Å². The SMILES string of the molecule is NCC1CCCC1CN1CCS(=O)(=O)CC1. The summed E-state index contributed by atoms with van der Waals surface area (Å²) in [7, 11) is -2.73. The van der Waals surface area contributed by atoms with Gasteiger partial charge in [-0.05, 0) is 31.2 Å². The monoisotopic (exact) mass is 246 g/mol. The van der Waals surface area contributed by atoms with Gasteiger partial charge in [-0.25, -0.2) is 8.42 Å². The maximum absolute atomic E-state index is 11.3. The van der Waals surface area contributed by atoms with Crippen LogP contribution < -0.4 is 5.73 Å². The molecule has 94 valence electrons. The molecule has 0 aromatic rings. The summed E-state index contributed by atoms with van der Waals surface area (Å²) in [5.41, 5.74) is 5.76. The number of hydrogen-bond donors (Lipinski definition) is 1. The molecule has 0 spiro atoms. The molecule has 4 nitrogen and oxygen atoms in total. The Kier molecular flexibility index (Phi) is 3.87. The minimum atomic E-state index is -2.73. The van der Waals surface area contributed by atoms with Crippen molar-refractivity contribution < 1.29 is 8.42 Å². The second-order valence-corrected chi connectivity index (χ2v) is 7.44. The quantitative estimate of drug-likeness (QED) is 0.767. The van der Waals surface area contributed by atoms with Crippen LogP contribution in [0.3, 0.4) is 0 Å². The third kappa shape index (κ3) is 2.96. The maximum atomic E-state index is 11.3. The first-order valence-corrected chi connectivity index (χ1v) is 8.06. The molecule has 2 fully saturated rings. The predicted octanol–water partition coefficient (Wildman–Crippen LogP) is 0.0918. The number of rotatable bonds is 3. The minimum absolute atomic E-state index is 0.340. The molecule has 2 unspecified atom stereocenters. The van der Waals surface area contributed by atoms with Crippen LogP contribution in [0.15, 0.2) is 0 Å². The van der Waals surface area contributed by atoms with Gasteiger partial charge in [-0.2, -0.15) is 0 Å². The van der Waals surface area contributed by atoms with Crippen LogP contribution in [0.5, 0.6) is 0 Å². The normalized spacial score (nSPS) is 35.3. The molecule has 16 heavy (non-hydrogen) atoms. The molecule has 1 aliphatic heterocycles. The molecule has 2 rings (SSSR count). The first-order chi connectivity index (χ1) is 7.61. The van der Waals surface area contributed by atoms with Crippen molar-refractivity contribution in [2.24, 2.45) is 17.6 Å². The summed E-state index contributed by atoms with van der Waals surface area (Å²) in [6.07, 6.45) is 3.82. The third-order valence-electron chi connectivity index (χ3n) is 4.05. The zero-order valence-electron chi connectivity index (χ0n) is 9.77. The second-order valence-electron chi connectivity index (χ2n) is 5.14. The summed E-state index contributed by atoms with van der Waals surface area (Å²) in [5, 5.41) is 0. The molecule has 0 radical (unpaired) electrons. The molecular formula is C11H22N2O2S. The van der Waals surface area contributed by atoms with Crippen LogP contribution in [-0.2, 0) is 9.84 Å². The van der Waals surface area contributed by atoms with Gasteiger partial charge >= 0.3 is 0 Å². The van der Waals surface area contributed by atoms with Gasteiger partial charge in [-0.3, -0.25) is 0 Å². The van der Waals surface area contributed by atoms with Gasteiger partial charge in [0.05, 0.1) is 11.5 Å². The Morgan fingerprint density at radius 1 is 1.12 bits per heavy atom. The van der Waals surface area contributed by atoms with Crippen LogP contribution in [0.25, 0.3) is 0 Å². The van der Waals surface area contributed by atoms with Crippen LogP contribution in [0, 0.1) is 11.8 Å². The van der Waals surface area contributed by atoms with Crippen molar-refractivity contribution >= 4 is 9.84 Å². The lowest BCUT2D eigenvalue weighted by atomic mass is 9.95. The molecule has 0 bridgehead atoms. The number of nitrogens with two attached hydrogens (primary N) is 1. The van der Waals surface area contributed by atoms with Crippen LogP contribution in [0.2, 0.25) is 0 Å². The fourth-order valence-electron chi connectivity index (χ4n) is 2.93. The lowest BCUT2D eigenvalue weighted by Gasteiger charge is -2.30. The van der Waals surface area contributed by atoms with E-state index < -0.39 is 9.84 Å². The molecule has 1 aliphatic carbocycles. The third-order valence-corrected chi connectivity index (χ3v) is 5.66. The van der Waals surface area contributed by atoms with Crippen molar-refractivity contribution in [3.05, 3.63) is 0 Å². The summed E-state index contributed by atoms with van der Waals surface area (Å²) >= 11 is 0. The predicted molar refractivity (Wildman–Crippen MR) is 65.0 cm³/mol. The van der Waals surface area contributed by atoms with Crippen LogP contribution in [0.4, 0.5) is 0 Å². The first-order valence-electron chi connectivity index (χ1n) is 6.23. The Bertz CT molecular complexity index is 315. The van der Waals surface area contributed by atoms with Crippen molar-refractivity contribution in [1.82, 2.24) is 4.90 Å². The lowest BCUT2D eigenvalue weighted by molar-refractivity contribution is 0.220. The van der Waals surface area contributed by atoms with Crippen molar-refractivity contribution in [1.29, 1.82) is 0 Å². The van der Waals surface area contributed by atoms with E-state index in [1.54, 1.807) is 0 Å². The number of nitrogens with zero attached hydrogens (tertiary/aromatic N) is 1. The van der Waals surface area contributed by atoms with E-state index in [9.17, 15) is 8.42 Å². The van der Waals surface area contributed by atoms with E-state index in [2.05, 4.69) is 4.90 Å². The van der Waals surface area contributed by atoms with Gasteiger partial charge in [0, 0.05) is 19.6 Å². The van der Waals surface area contributed by atoms with Gasteiger partial charge in [0.15, 0.2) is 9.84 Å². The highest BCUT2D eigenvalue weighted by Crippen LogP contribution is 2.31. The van der Waals surface area contributed by atoms with Crippen molar-refractivity contribution in [3.63, 3.8) is 0 Å². The highest BCUT2D eigenvalue weighted by atomic mass is 32.2. The van der Waals surface area contributed by atoms with Crippen molar-refractivity contribution in [2.45, 2.75) is 19.3 Å². The average molecular weight is 246 g/mol. The Hall–Kier alpha value is -0.130. The van der Waals surface area contributed by atoms with Crippen LogP contribution in [0.1, 0.15) is 19.3 Å². The van der Waals surface area contributed by atoms with E-state index in [0.717, 1.165) is 26.2 Å². The topological polar surface area (TPSA) is 63.4 Å². The van der Waals surface area contributed by atoms with E-state index >= 15 is 0 Å². The minimum Gasteiger partial charge on any atom is -0.330 e. The zero-order chi connectivity index (χ0) is 11.6.